The fourth-order valence-corrected chi connectivity index (χ4v) is 2.21. The summed E-state index contributed by atoms with van der Waals surface area (Å²) in [5.41, 5.74) is 0.720. The summed E-state index contributed by atoms with van der Waals surface area (Å²) in [6, 6.07) is 5.03. The molecule has 96 valence electrons. The fraction of sp³-hybridized carbons (Fsp3) is 0.462. The molecule has 0 radical (unpaired) electrons. The van der Waals surface area contributed by atoms with Crippen LogP contribution in [0.5, 0.6) is 0 Å². The molecule has 0 bridgehead atoms. The second-order valence-electron chi connectivity index (χ2n) is 4.27. The van der Waals surface area contributed by atoms with Gasteiger partial charge in [-0.3, -0.25) is 9.78 Å². The Morgan fingerprint density at radius 2 is 2.33 bits per heavy atom. The highest BCUT2D eigenvalue weighted by Crippen LogP contribution is 2.19. The lowest BCUT2D eigenvalue weighted by molar-refractivity contribution is -0.150. The van der Waals surface area contributed by atoms with Crippen molar-refractivity contribution in [3.8, 4) is 0 Å². The average molecular weight is 248 g/mol. The number of hydrogen-bond donors (Lipinski definition) is 0. The van der Waals surface area contributed by atoms with Gasteiger partial charge in [0.2, 0.25) is 5.91 Å². The van der Waals surface area contributed by atoms with Crippen LogP contribution in [0.15, 0.2) is 24.4 Å². The number of likely N-dealkylation sites (tertiary alicyclic amines) is 1. The maximum atomic E-state index is 12.1. The Kier molecular flexibility index (Phi) is 3.92. The summed E-state index contributed by atoms with van der Waals surface area (Å²) < 4.78 is 4.72. The van der Waals surface area contributed by atoms with E-state index in [1.807, 2.05) is 6.07 Å². The first kappa shape index (κ1) is 12.5. The molecule has 1 aliphatic rings. The summed E-state index contributed by atoms with van der Waals surface area (Å²) in [7, 11) is 1.35. The van der Waals surface area contributed by atoms with Gasteiger partial charge in [0.15, 0.2) is 0 Å². The van der Waals surface area contributed by atoms with Crippen LogP contribution in [-0.4, -0.2) is 41.5 Å². The molecule has 2 heterocycles. The Morgan fingerprint density at radius 1 is 1.50 bits per heavy atom. The first-order chi connectivity index (χ1) is 8.72. The van der Waals surface area contributed by atoms with Gasteiger partial charge in [-0.05, 0) is 25.0 Å². The number of aromatic nitrogens is 1. The number of carbonyl (C=O) groups excluding carboxylic acids is 2. The number of ether oxygens (including phenoxy) is 1. The van der Waals surface area contributed by atoms with Gasteiger partial charge in [0.1, 0.15) is 6.04 Å². The number of methoxy groups -OCH3 is 1. The van der Waals surface area contributed by atoms with Crippen LogP contribution in [0, 0.1) is 0 Å². The molecule has 5 nitrogen and oxygen atoms in total. The maximum Gasteiger partial charge on any atom is 0.328 e. The van der Waals surface area contributed by atoms with Gasteiger partial charge < -0.3 is 9.64 Å². The lowest BCUT2D eigenvalue weighted by Gasteiger charge is -2.22. The lowest BCUT2D eigenvalue weighted by Crippen LogP contribution is -2.41. The molecule has 0 saturated carbocycles. The van der Waals surface area contributed by atoms with E-state index in [1.54, 1.807) is 23.2 Å². The molecular formula is C13H16N2O3. The molecule has 1 aromatic heterocycles. The van der Waals surface area contributed by atoms with Crippen molar-refractivity contribution in [3.05, 3.63) is 30.1 Å². The van der Waals surface area contributed by atoms with Crippen LogP contribution < -0.4 is 0 Å². The highest BCUT2D eigenvalue weighted by Gasteiger charge is 2.34. The van der Waals surface area contributed by atoms with Gasteiger partial charge in [-0.2, -0.15) is 0 Å². The molecule has 1 aliphatic heterocycles. The van der Waals surface area contributed by atoms with Gasteiger partial charge in [-0.1, -0.05) is 6.07 Å². The number of nitrogens with zero attached hydrogens (tertiary/aromatic N) is 2. The molecule has 1 amide bonds. The third-order valence-electron chi connectivity index (χ3n) is 3.10. The Bertz CT molecular complexity index is 433. The number of rotatable bonds is 3. The van der Waals surface area contributed by atoms with Crippen LogP contribution in [0.25, 0.3) is 0 Å². The van der Waals surface area contributed by atoms with E-state index in [-0.39, 0.29) is 18.3 Å². The maximum absolute atomic E-state index is 12.1. The fourth-order valence-electron chi connectivity index (χ4n) is 2.21. The minimum absolute atomic E-state index is 0.0680. The van der Waals surface area contributed by atoms with Crippen molar-refractivity contribution in [2.24, 2.45) is 0 Å². The molecule has 5 heteroatoms. The number of esters is 1. The Morgan fingerprint density at radius 3 is 3.00 bits per heavy atom. The minimum Gasteiger partial charge on any atom is -0.467 e. The normalized spacial score (nSPS) is 18.7. The smallest absolute Gasteiger partial charge is 0.328 e. The largest absolute Gasteiger partial charge is 0.467 e. The van der Waals surface area contributed by atoms with E-state index in [2.05, 4.69) is 4.98 Å². The SMILES string of the molecule is COC(=O)[C@@H]1CCCN1C(=O)Cc1ccccn1. The Balaban J connectivity index is 2.02. The standard InChI is InChI=1S/C13H16N2O3/c1-18-13(17)11-6-4-8-15(11)12(16)9-10-5-2-3-7-14-10/h2-3,5,7,11H,4,6,8-9H2,1H3/t11-/m0/s1. The molecule has 2 rings (SSSR count). The zero-order valence-electron chi connectivity index (χ0n) is 10.3. The van der Waals surface area contributed by atoms with Gasteiger partial charge in [0.05, 0.1) is 13.5 Å². The Hall–Kier alpha value is -1.91. The summed E-state index contributed by atoms with van der Waals surface area (Å²) >= 11 is 0. The molecule has 0 unspecified atom stereocenters. The van der Waals surface area contributed by atoms with Crippen molar-refractivity contribution in [2.45, 2.75) is 25.3 Å². The van der Waals surface area contributed by atoms with Crippen molar-refractivity contribution in [1.82, 2.24) is 9.88 Å². The van der Waals surface area contributed by atoms with E-state index in [1.165, 1.54) is 7.11 Å². The van der Waals surface area contributed by atoms with Crippen LogP contribution in [0.1, 0.15) is 18.5 Å². The second-order valence-corrected chi connectivity index (χ2v) is 4.27. The van der Waals surface area contributed by atoms with E-state index < -0.39 is 6.04 Å². The van der Waals surface area contributed by atoms with Crippen molar-refractivity contribution < 1.29 is 14.3 Å². The number of amides is 1. The van der Waals surface area contributed by atoms with Gasteiger partial charge in [0.25, 0.3) is 0 Å². The van der Waals surface area contributed by atoms with Crippen LogP contribution in [-0.2, 0) is 20.7 Å². The van der Waals surface area contributed by atoms with Gasteiger partial charge in [-0.25, -0.2) is 4.79 Å². The highest BCUT2D eigenvalue weighted by molar-refractivity contribution is 5.86. The zero-order valence-corrected chi connectivity index (χ0v) is 10.3. The average Bonchev–Trinajstić information content (AvgIpc) is 2.88. The zero-order chi connectivity index (χ0) is 13.0. The number of pyridine rings is 1. The molecule has 0 spiro atoms. The van der Waals surface area contributed by atoms with Gasteiger partial charge in [0, 0.05) is 18.4 Å². The van der Waals surface area contributed by atoms with Crippen LogP contribution in [0.2, 0.25) is 0 Å². The Labute approximate surface area is 106 Å². The third kappa shape index (κ3) is 2.67. The quantitative estimate of drug-likeness (QED) is 0.742. The summed E-state index contributed by atoms with van der Waals surface area (Å²) in [6.45, 7) is 0.617. The van der Waals surface area contributed by atoms with E-state index in [4.69, 9.17) is 4.74 Å². The van der Waals surface area contributed by atoms with Crippen molar-refractivity contribution in [1.29, 1.82) is 0 Å². The van der Waals surface area contributed by atoms with Crippen LogP contribution in [0.4, 0.5) is 0 Å². The van der Waals surface area contributed by atoms with Crippen molar-refractivity contribution in [3.63, 3.8) is 0 Å². The molecule has 0 aliphatic carbocycles. The van der Waals surface area contributed by atoms with E-state index >= 15 is 0 Å². The number of carbonyl (C=O) groups is 2. The van der Waals surface area contributed by atoms with Crippen molar-refractivity contribution >= 4 is 11.9 Å². The summed E-state index contributed by atoms with van der Waals surface area (Å²) in [6.07, 6.45) is 3.41. The minimum atomic E-state index is -0.425. The molecule has 1 fully saturated rings. The molecular weight excluding hydrogens is 232 g/mol. The van der Waals surface area contributed by atoms with E-state index in [9.17, 15) is 9.59 Å². The molecule has 1 atom stereocenters. The van der Waals surface area contributed by atoms with Gasteiger partial charge in [-0.15, -0.1) is 0 Å². The van der Waals surface area contributed by atoms with Crippen molar-refractivity contribution in [2.75, 3.05) is 13.7 Å². The third-order valence-corrected chi connectivity index (χ3v) is 3.10. The predicted molar refractivity (Wildman–Crippen MR) is 64.7 cm³/mol. The molecule has 0 N–H and O–H groups in total. The van der Waals surface area contributed by atoms with Gasteiger partial charge >= 0.3 is 5.97 Å². The lowest BCUT2D eigenvalue weighted by atomic mass is 10.2. The first-order valence-electron chi connectivity index (χ1n) is 5.99. The molecule has 0 aromatic carbocycles. The molecule has 18 heavy (non-hydrogen) atoms. The summed E-state index contributed by atoms with van der Waals surface area (Å²) in [4.78, 5) is 29.4. The van der Waals surface area contributed by atoms with E-state index in [0.717, 1.165) is 12.1 Å². The number of hydrogen-bond acceptors (Lipinski definition) is 4. The van der Waals surface area contributed by atoms with E-state index in [0.29, 0.717) is 13.0 Å². The second kappa shape index (κ2) is 5.62. The van der Waals surface area contributed by atoms with Crippen LogP contribution in [0.3, 0.4) is 0 Å². The summed E-state index contributed by atoms with van der Waals surface area (Å²) in [5.74, 6) is -0.400. The highest BCUT2D eigenvalue weighted by atomic mass is 16.5. The van der Waals surface area contributed by atoms with Crippen LogP contribution >= 0.6 is 0 Å². The first-order valence-corrected chi connectivity index (χ1v) is 5.99. The molecule has 1 aromatic rings. The predicted octanol–water partition coefficient (Wildman–Crippen LogP) is 0.788. The summed E-state index contributed by atoms with van der Waals surface area (Å²) in [5, 5.41) is 0. The topological polar surface area (TPSA) is 59.5 Å². The molecule has 1 saturated heterocycles. The monoisotopic (exact) mass is 248 g/mol.